The van der Waals surface area contributed by atoms with Gasteiger partial charge in [0.25, 0.3) is 0 Å². The maximum Gasteiger partial charge on any atom is 0.163 e. The molecule has 6 rings (SSSR count). The molecule has 3 aromatic rings. The second-order valence-corrected chi connectivity index (χ2v) is 9.61. The third-order valence-corrected chi connectivity index (χ3v) is 7.30. The van der Waals surface area contributed by atoms with Crippen LogP contribution < -0.4 is 14.8 Å². The van der Waals surface area contributed by atoms with Gasteiger partial charge in [0.05, 0.1) is 15.7 Å². The fraction of sp³-hybridized carbons (Fsp3) is 0.391. The van der Waals surface area contributed by atoms with Crippen LogP contribution in [-0.4, -0.2) is 71.2 Å². The minimum atomic E-state index is -0.373. The number of nitrogens with zero attached hydrogens (tertiary/aromatic N) is 4. The van der Waals surface area contributed by atoms with Crippen LogP contribution in [0.25, 0.3) is 10.9 Å². The molecule has 0 radical (unpaired) electrons. The maximum absolute atomic E-state index is 14.5. The van der Waals surface area contributed by atoms with Gasteiger partial charge in [0.15, 0.2) is 17.3 Å². The summed E-state index contributed by atoms with van der Waals surface area (Å²) in [6.45, 7) is 3.58. The van der Waals surface area contributed by atoms with E-state index in [0.717, 1.165) is 25.0 Å². The molecule has 2 aromatic carbocycles. The Hall–Kier alpha value is -2.49. The molecule has 0 saturated carbocycles. The zero-order valence-electron chi connectivity index (χ0n) is 17.6. The van der Waals surface area contributed by atoms with E-state index in [2.05, 4.69) is 48.1 Å². The van der Waals surface area contributed by atoms with E-state index < -0.39 is 0 Å². The van der Waals surface area contributed by atoms with Crippen LogP contribution in [0.5, 0.6) is 11.5 Å². The molecule has 1 aromatic heterocycles. The minimum absolute atomic E-state index is 0.0341. The molecule has 0 spiro atoms. The van der Waals surface area contributed by atoms with Gasteiger partial charge in [0.1, 0.15) is 24.9 Å². The van der Waals surface area contributed by atoms with Gasteiger partial charge in [0.2, 0.25) is 0 Å². The molecule has 3 atom stereocenters. The summed E-state index contributed by atoms with van der Waals surface area (Å²) < 4.78 is 27.3. The number of halogens is 2. The van der Waals surface area contributed by atoms with E-state index in [-0.39, 0.29) is 11.9 Å². The first kappa shape index (κ1) is 20.1. The zero-order chi connectivity index (χ0) is 21.8. The number of piperazine rings is 1. The Balaban J connectivity index is 1.26. The van der Waals surface area contributed by atoms with Crippen molar-refractivity contribution in [2.75, 3.05) is 38.6 Å². The molecule has 0 aliphatic carbocycles. The molecule has 1 N–H and O–H groups in total. The summed E-state index contributed by atoms with van der Waals surface area (Å²) in [5.74, 6) is 1.49. The first-order valence-electron chi connectivity index (χ1n) is 10.8. The molecule has 7 nitrogen and oxygen atoms in total. The van der Waals surface area contributed by atoms with Gasteiger partial charge < -0.3 is 19.7 Å². The van der Waals surface area contributed by atoms with Gasteiger partial charge in [-0.25, -0.2) is 14.4 Å². The molecule has 2 saturated heterocycles. The second-order valence-electron chi connectivity index (χ2n) is 8.75. The van der Waals surface area contributed by atoms with Gasteiger partial charge in [-0.15, -0.1) is 0 Å². The topological polar surface area (TPSA) is 62.8 Å². The molecule has 1 unspecified atom stereocenters. The number of anilines is 2. The van der Waals surface area contributed by atoms with E-state index in [1.807, 2.05) is 12.1 Å². The van der Waals surface area contributed by atoms with Gasteiger partial charge in [-0.05, 0) is 47.6 Å². The summed E-state index contributed by atoms with van der Waals surface area (Å²) in [5, 5.41) is 3.84. The Bertz CT molecular complexity index is 1190. The number of nitrogens with one attached hydrogen (secondary N) is 1. The molecule has 2 bridgehead atoms. The SMILES string of the molecule is CN1C[C@@H]2C[C@H]1CN2CC1COc2cc3ncnc(Nc4cccc(Br)c4F)c3cc2O1. The summed E-state index contributed by atoms with van der Waals surface area (Å²) in [6, 6.07) is 10.1. The van der Waals surface area contributed by atoms with E-state index in [4.69, 9.17) is 9.47 Å². The first-order valence-corrected chi connectivity index (χ1v) is 11.6. The van der Waals surface area contributed by atoms with Crippen molar-refractivity contribution >= 4 is 38.3 Å². The van der Waals surface area contributed by atoms with Crippen LogP contribution in [0.1, 0.15) is 6.42 Å². The summed E-state index contributed by atoms with van der Waals surface area (Å²) in [7, 11) is 2.21. The highest BCUT2D eigenvalue weighted by Gasteiger charge is 2.42. The van der Waals surface area contributed by atoms with Crippen molar-refractivity contribution in [1.29, 1.82) is 0 Å². The van der Waals surface area contributed by atoms with Gasteiger partial charge in [-0.1, -0.05) is 6.07 Å². The van der Waals surface area contributed by atoms with Crippen LogP contribution in [0, 0.1) is 5.82 Å². The fourth-order valence-corrected chi connectivity index (χ4v) is 5.38. The molecular formula is C23H23BrFN5O2. The van der Waals surface area contributed by atoms with Crippen molar-refractivity contribution < 1.29 is 13.9 Å². The number of likely N-dealkylation sites (N-methyl/N-ethyl adjacent to an activating group) is 1. The van der Waals surface area contributed by atoms with E-state index in [1.165, 1.54) is 12.7 Å². The van der Waals surface area contributed by atoms with Crippen LogP contribution in [0.4, 0.5) is 15.9 Å². The second kappa shape index (κ2) is 7.83. The highest BCUT2D eigenvalue weighted by Crippen LogP contribution is 2.39. The standard InChI is InChI=1S/C23H23BrFN5O2/c1-29-8-14-5-13(29)9-30(14)10-15-11-31-20-7-19-16(6-21(20)32-15)23(27-12-26-19)28-18-4-2-3-17(24)22(18)25/h2-4,6-7,12-15H,5,8-11H2,1H3,(H,26,27,28)/t13-,14-,15?/m0/s1. The third kappa shape index (κ3) is 3.48. The summed E-state index contributed by atoms with van der Waals surface area (Å²) in [4.78, 5) is 13.7. The van der Waals surface area contributed by atoms with Crippen molar-refractivity contribution in [3.05, 3.63) is 46.9 Å². The van der Waals surface area contributed by atoms with Gasteiger partial charge >= 0.3 is 0 Å². The lowest BCUT2D eigenvalue weighted by molar-refractivity contribution is 0.0417. The monoisotopic (exact) mass is 499 g/mol. The molecule has 9 heteroatoms. The molecule has 166 valence electrons. The maximum atomic E-state index is 14.5. The predicted molar refractivity (Wildman–Crippen MR) is 123 cm³/mol. The molecule has 4 heterocycles. The van der Waals surface area contributed by atoms with E-state index >= 15 is 0 Å². The van der Waals surface area contributed by atoms with Crippen LogP contribution in [0.2, 0.25) is 0 Å². The number of likely N-dealkylation sites (tertiary alicyclic amines) is 2. The summed E-state index contributed by atoms with van der Waals surface area (Å²) in [5.41, 5.74) is 1.04. The van der Waals surface area contributed by atoms with Crippen molar-refractivity contribution in [2.45, 2.75) is 24.6 Å². The molecule has 2 fully saturated rings. The van der Waals surface area contributed by atoms with Crippen molar-refractivity contribution in [3.8, 4) is 11.5 Å². The lowest BCUT2D eigenvalue weighted by Gasteiger charge is -2.35. The number of fused-ring (bicyclic) bond motifs is 4. The molecular weight excluding hydrogens is 477 g/mol. The van der Waals surface area contributed by atoms with Crippen LogP contribution in [0.3, 0.4) is 0 Å². The highest BCUT2D eigenvalue weighted by atomic mass is 79.9. The fourth-order valence-electron chi connectivity index (χ4n) is 5.02. The largest absolute Gasteiger partial charge is 0.486 e. The quantitative estimate of drug-likeness (QED) is 0.585. The van der Waals surface area contributed by atoms with Crippen LogP contribution >= 0.6 is 15.9 Å². The predicted octanol–water partition coefficient (Wildman–Crippen LogP) is 3.80. The smallest absolute Gasteiger partial charge is 0.163 e. The number of rotatable bonds is 4. The molecule has 0 amide bonds. The molecule has 32 heavy (non-hydrogen) atoms. The normalized spacial score (nSPS) is 24.9. The zero-order valence-corrected chi connectivity index (χ0v) is 19.2. The Morgan fingerprint density at radius 2 is 2.09 bits per heavy atom. The van der Waals surface area contributed by atoms with Crippen LogP contribution in [0.15, 0.2) is 41.1 Å². The lowest BCUT2D eigenvalue weighted by Crippen LogP contribution is -2.49. The average Bonchev–Trinajstić information content (AvgIpc) is 3.35. The minimum Gasteiger partial charge on any atom is -0.486 e. The highest BCUT2D eigenvalue weighted by molar-refractivity contribution is 9.10. The number of hydrogen-bond donors (Lipinski definition) is 1. The number of benzene rings is 2. The van der Waals surface area contributed by atoms with Crippen molar-refractivity contribution in [1.82, 2.24) is 19.8 Å². The van der Waals surface area contributed by atoms with Gasteiger partial charge in [-0.2, -0.15) is 0 Å². The van der Waals surface area contributed by atoms with Gasteiger partial charge in [0, 0.05) is 43.2 Å². The summed E-state index contributed by atoms with van der Waals surface area (Å²) >= 11 is 3.23. The van der Waals surface area contributed by atoms with Crippen molar-refractivity contribution in [2.24, 2.45) is 0 Å². The summed E-state index contributed by atoms with van der Waals surface area (Å²) in [6.07, 6.45) is 2.66. The Morgan fingerprint density at radius 3 is 2.91 bits per heavy atom. The number of aromatic nitrogens is 2. The average molecular weight is 500 g/mol. The van der Waals surface area contributed by atoms with Crippen molar-refractivity contribution in [3.63, 3.8) is 0 Å². The third-order valence-electron chi connectivity index (χ3n) is 6.69. The van der Waals surface area contributed by atoms with E-state index in [9.17, 15) is 4.39 Å². The Kier molecular flexibility index (Phi) is 4.93. The molecule has 3 aliphatic rings. The molecule has 3 aliphatic heterocycles. The van der Waals surface area contributed by atoms with E-state index in [1.54, 1.807) is 18.2 Å². The lowest BCUT2D eigenvalue weighted by atomic mass is 10.1. The number of hydrogen-bond acceptors (Lipinski definition) is 7. The van der Waals surface area contributed by atoms with Gasteiger partial charge in [-0.3, -0.25) is 4.90 Å². The number of ether oxygens (including phenoxy) is 2. The van der Waals surface area contributed by atoms with E-state index in [0.29, 0.717) is 51.7 Å². The Morgan fingerprint density at radius 1 is 1.19 bits per heavy atom. The first-order chi connectivity index (χ1) is 15.5. The Labute approximate surface area is 193 Å². The van der Waals surface area contributed by atoms with Crippen LogP contribution in [-0.2, 0) is 0 Å².